The Hall–Kier alpha value is -1.71. The van der Waals surface area contributed by atoms with E-state index < -0.39 is 0 Å². The van der Waals surface area contributed by atoms with Crippen molar-refractivity contribution in [1.29, 1.82) is 0 Å². The Balaban J connectivity index is 1.79. The van der Waals surface area contributed by atoms with Crippen molar-refractivity contribution in [2.75, 3.05) is 31.1 Å². The number of benzene rings is 1. The number of guanidine groups is 1. The Morgan fingerprint density at radius 3 is 2.95 bits per heavy atom. The van der Waals surface area contributed by atoms with Gasteiger partial charge >= 0.3 is 0 Å². The zero-order valence-corrected chi connectivity index (χ0v) is 11.7. The number of hydrogen-bond donors (Lipinski definition) is 2. The Morgan fingerprint density at radius 2 is 2.21 bits per heavy atom. The second-order valence-electron chi connectivity index (χ2n) is 5.09. The molecule has 0 bridgehead atoms. The summed E-state index contributed by atoms with van der Waals surface area (Å²) >= 11 is 0. The number of anilines is 1. The van der Waals surface area contributed by atoms with Crippen LogP contribution in [-0.2, 0) is 0 Å². The van der Waals surface area contributed by atoms with Gasteiger partial charge in [0.05, 0.1) is 0 Å². The summed E-state index contributed by atoms with van der Waals surface area (Å²) in [4.78, 5) is 6.85. The number of hydrogen-bond acceptors (Lipinski definition) is 2. The van der Waals surface area contributed by atoms with Gasteiger partial charge in [0.25, 0.3) is 0 Å². The molecular weight excluding hydrogens is 236 g/mol. The van der Waals surface area contributed by atoms with E-state index in [2.05, 4.69) is 52.5 Å². The minimum Gasteiger partial charge on any atom is -0.371 e. The molecule has 1 aliphatic heterocycles. The molecule has 1 atom stereocenters. The van der Waals surface area contributed by atoms with Gasteiger partial charge < -0.3 is 16.0 Å². The fraction of sp³-hybridized carbons (Fsp3) is 0.533. The lowest BCUT2D eigenvalue weighted by molar-refractivity contribution is 0.601. The van der Waals surface area contributed by atoms with Crippen LogP contribution in [0.3, 0.4) is 0 Å². The monoisotopic (exact) mass is 260 g/mol. The van der Waals surface area contributed by atoms with Crippen LogP contribution in [0.2, 0.25) is 0 Å². The summed E-state index contributed by atoms with van der Waals surface area (Å²) in [6.07, 6.45) is 2.26. The highest BCUT2D eigenvalue weighted by atomic mass is 15.2. The molecule has 3 N–H and O–H groups in total. The molecule has 1 aliphatic rings. The Morgan fingerprint density at radius 1 is 1.42 bits per heavy atom. The summed E-state index contributed by atoms with van der Waals surface area (Å²) in [7, 11) is 0. The van der Waals surface area contributed by atoms with Gasteiger partial charge in [-0.2, -0.15) is 0 Å². The lowest BCUT2D eigenvalue weighted by Crippen LogP contribution is -2.32. The van der Waals surface area contributed by atoms with Crippen LogP contribution in [0.4, 0.5) is 5.69 Å². The SMILES string of the molecule is CCCNC(N)=NCC1CCN(c2ccccc2)C1. The van der Waals surface area contributed by atoms with Gasteiger partial charge in [-0.15, -0.1) is 0 Å². The van der Waals surface area contributed by atoms with Crippen molar-refractivity contribution in [1.82, 2.24) is 5.32 Å². The molecule has 0 aliphatic carbocycles. The number of nitrogens with one attached hydrogen (secondary N) is 1. The molecule has 2 rings (SSSR count). The van der Waals surface area contributed by atoms with E-state index in [-0.39, 0.29) is 0 Å². The number of rotatable bonds is 5. The first-order chi connectivity index (χ1) is 9.29. The fourth-order valence-electron chi connectivity index (χ4n) is 2.39. The van der Waals surface area contributed by atoms with Gasteiger partial charge in [0.1, 0.15) is 0 Å². The topological polar surface area (TPSA) is 53.6 Å². The lowest BCUT2D eigenvalue weighted by atomic mass is 10.1. The highest BCUT2D eigenvalue weighted by Gasteiger charge is 2.22. The van der Waals surface area contributed by atoms with Crippen molar-refractivity contribution in [2.24, 2.45) is 16.6 Å². The summed E-state index contributed by atoms with van der Waals surface area (Å²) in [5.41, 5.74) is 7.12. The maximum Gasteiger partial charge on any atom is 0.188 e. The van der Waals surface area contributed by atoms with E-state index in [9.17, 15) is 0 Å². The van der Waals surface area contributed by atoms with Crippen molar-refractivity contribution in [2.45, 2.75) is 19.8 Å². The lowest BCUT2D eigenvalue weighted by Gasteiger charge is -2.18. The van der Waals surface area contributed by atoms with Crippen LogP contribution in [0.5, 0.6) is 0 Å². The van der Waals surface area contributed by atoms with Crippen LogP contribution in [-0.4, -0.2) is 32.1 Å². The largest absolute Gasteiger partial charge is 0.371 e. The normalized spacial score (nSPS) is 19.7. The first-order valence-electron chi connectivity index (χ1n) is 7.13. The van der Waals surface area contributed by atoms with Gasteiger partial charge in [0, 0.05) is 31.9 Å². The predicted molar refractivity (Wildman–Crippen MR) is 81.5 cm³/mol. The van der Waals surface area contributed by atoms with E-state index in [0.29, 0.717) is 11.9 Å². The van der Waals surface area contributed by atoms with Crippen molar-refractivity contribution in [3.05, 3.63) is 30.3 Å². The third kappa shape index (κ3) is 4.16. The minimum atomic E-state index is 0.583. The van der Waals surface area contributed by atoms with Gasteiger partial charge in [-0.1, -0.05) is 25.1 Å². The summed E-state index contributed by atoms with van der Waals surface area (Å²) in [6.45, 7) is 6.04. The van der Waals surface area contributed by atoms with Crippen molar-refractivity contribution in [3.63, 3.8) is 0 Å². The third-order valence-corrected chi connectivity index (χ3v) is 3.48. The van der Waals surface area contributed by atoms with E-state index >= 15 is 0 Å². The maximum absolute atomic E-state index is 5.81. The summed E-state index contributed by atoms with van der Waals surface area (Å²) in [5.74, 6) is 1.20. The Labute approximate surface area is 115 Å². The van der Waals surface area contributed by atoms with Gasteiger partial charge in [-0.25, -0.2) is 0 Å². The van der Waals surface area contributed by atoms with Crippen LogP contribution in [0.25, 0.3) is 0 Å². The molecular formula is C15H24N4. The Kier molecular flexibility index (Phi) is 5.07. The average Bonchev–Trinajstić information content (AvgIpc) is 2.93. The molecule has 0 saturated carbocycles. The van der Waals surface area contributed by atoms with Crippen LogP contribution >= 0.6 is 0 Å². The van der Waals surface area contributed by atoms with Gasteiger partial charge in [0.2, 0.25) is 0 Å². The van der Waals surface area contributed by atoms with Gasteiger partial charge in [0.15, 0.2) is 5.96 Å². The number of aliphatic imine (C=N–C) groups is 1. The fourth-order valence-corrected chi connectivity index (χ4v) is 2.39. The number of nitrogens with zero attached hydrogens (tertiary/aromatic N) is 2. The molecule has 0 radical (unpaired) electrons. The molecule has 1 saturated heterocycles. The molecule has 1 aromatic rings. The third-order valence-electron chi connectivity index (χ3n) is 3.48. The van der Waals surface area contributed by atoms with Crippen LogP contribution < -0.4 is 16.0 Å². The summed E-state index contributed by atoms with van der Waals surface area (Å²) < 4.78 is 0. The van der Waals surface area contributed by atoms with E-state index in [1.807, 2.05) is 0 Å². The predicted octanol–water partition coefficient (Wildman–Crippen LogP) is 1.83. The molecule has 1 aromatic carbocycles. The smallest absolute Gasteiger partial charge is 0.188 e. The van der Waals surface area contributed by atoms with E-state index in [0.717, 1.165) is 32.6 Å². The minimum absolute atomic E-state index is 0.583. The molecule has 0 amide bonds. The average molecular weight is 260 g/mol. The second kappa shape index (κ2) is 7.02. The first kappa shape index (κ1) is 13.7. The van der Waals surface area contributed by atoms with Gasteiger partial charge in [-0.3, -0.25) is 4.99 Å². The van der Waals surface area contributed by atoms with E-state index in [1.165, 1.54) is 12.1 Å². The van der Waals surface area contributed by atoms with Crippen molar-refractivity contribution < 1.29 is 0 Å². The molecule has 1 heterocycles. The summed E-state index contributed by atoms with van der Waals surface area (Å²) in [5, 5.41) is 3.11. The quantitative estimate of drug-likeness (QED) is 0.627. The van der Waals surface area contributed by atoms with Crippen LogP contribution in [0.1, 0.15) is 19.8 Å². The molecule has 0 aromatic heterocycles. The standard InChI is InChI=1S/C15H24N4/c1-2-9-17-15(16)18-11-13-8-10-19(12-13)14-6-4-3-5-7-14/h3-7,13H,2,8-12H2,1H3,(H3,16,17,18). The first-order valence-corrected chi connectivity index (χ1v) is 7.13. The van der Waals surface area contributed by atoms with Crippen molar-refractivity contribution >= 4 is 11.6 Å². The number of para-hydroxylation sites is 1. The van der Waals surface area contributed by atoms with Crippen LogP contribution in [0.15, 0.2) is 35.3 Å². The molecule has 1 fully saturated rings. The molecule has 4 nitrogen and oxygen atoms in total. The van der Waals surface area contributed by atoms with E-state index in [4.69, 9.17) is 5.73 Å². The Bertz CT molecular complexity index is 402. The molecule has 104 valence electrons. The molecule has 1 unspecified atom stereocenters. The highest BCUT2D eigenvalue weighted by molar-refractivity contribution is 5.77. The maximum atomic E-state index is 5.81. The molecule has 19 heavy (non-hydrogen) atoms. The van der Waals surface area contributed by atoms with Crippen molar-refractivity contribution in [3.8, 4) is 0 Å². The van der Waals surface area contributed by atoms with Gasteiger partial charge in [-0.05, 0) is 30.9 Å². The zero-order valence-electron chi connectivity index (χ0n) is 11.7. The molecule has 4 heteroatoms. The second-order valence-corrected chi connectivity index (χ2v) is 5.09. The highest BCUT2D eigenvalue weighted by Crippen LogP contribution is 2.23. The summed E-state index contributed by atoms with van der Waals surface area (Å²) in [6, 6.07) is 10.6. The van der Waals surface area contributed by atoms with E-state index in [1.54, 1.807) is 0 Å². The zero-order chi connectivity index (χ0) is 13.5. The van der Waals surface area contributed by atoms with Crippen LogP contribution in [0, 0.1) is 5.92 Å². The number of nitrogens with two attached hydrogens (primary N) is 1. The molecule has 0 spiro atoms.